The number of piperidine rings is 1. The molecule has 5 nitrogen and oxygen atoms in total. The molecule has 3 saturated heterocycles. The largest absolute Gasteiger partial charge is 0.379 e. The van der Waals surface area contributed by atoms with Gasteiger partial charge in [-0.25, -0.2) is 8.42 Å². The number of ether oxygens (including phenoxy) is 1. The van der Waals surface area contributed by atoms with Gasteiger partial charge in [0.15, 0.2) is 9.84 Å². The van der Waals surface area contributed by atoms with Crippen molar-refractivity contribution in [2.75, 3.05) is 50.9 Å². The van der Waals surface area contributed by atoms with Crippen LogP contribution in [0.1, 0.15) is 46.5 Å². The molecule has 0 saturated carbocycles. The first-order valence-electron chi connectivity index (χ1n) is 9.49. The number of hydrogen-bond donors (Lipinski definition) is 0. The zero-order chi connectivity index (χ0) is 17.4. The molecule has 0 aromatic heterocycles. The maximum atomic E-state index is 11.9. The van der Waals surface area contributed by atoms with Gasteiger partial charge in [0.25, 0.3) is 0 Å². The molecule has 24 heavy (non-hydrogen) atoms. The molecule has 1 unspecified atom stereocenters. The van der Waals surface area contributed by atoms with Crippen molar-refractivity contribution in [1.82, 2.24) is 9.80 Å². The predicted octanol–water partition coefficient (Wildman–Crippen LogP) is 1.78. The second-order valence-corrected chi connectivity index (χ2v) is 11.0. The smallest absolute Gasteiger partial charge is 0.150 e. The van der Waals surface area contributed by atoms with Gasteiger partial charge in [0.05, 0.1) is 24.7 Å². The van der Waals surface area contributed by atoms with Crippen molar-refractivity contribution in [1.29, 1.82) is 0 Å². The highest BCUT2D eigenvalue weighted by Gasteiger charge is 2.44. The third kappa shape index (κ3) is 4.14. The van der Waals surface area contributed by atoms with Gasteiger partial charge in [0.1, 0.15) is 0 Å². The van der Waals surface area contributed by atoms with Crippen LogP contribution in [0.25, 0.3) is 0 Å². The first-order valence-corrected chi connectivity index (χ1v) is 11.3. The van der Waals surface area contributed by atoms with Crippen LogP contribution in [0.4, 0.5) is 0 Å². The fourth-order valence-corrected chi connectivity index (χ4v) is 7.22. The Kier molecular flexibility index (Phi) is 5.32. The maximum absolute atomic E-state index is 11.9. The highest BCUT2D eigenvalue weighted by Crippen LogP contribution is 2.42. The Morgan fingerprint density at radius 3 is 2.25 bits per heavy atom. The van der Waals surface area contributed by atoms with Gasteiger partial charge in [-0.15, -0.1) is 0 Å². The second-order valence-electron chi connectivity index (χ2n) is 8.84. The molecule has 0 aromatic rings. The highest BCUT2D eigenvalue weighted by molar-refractivity contribution is 7.91. The molecule has 3 rings (SSSR count). The molecule has 1 spiro atoms. The van der Waals surface area contributed by atoms with E-state index < -0.39 is 9.84 Å². The first-order chi connectivity index (χ1) is 11.2. The summed E-state index contributed by atoms with van der Waals surface area (Å²) in [6, 6.07) is 0.540. The van der Waals surface area contributed by atoms with Gasteiger partial charge in [-0.3, -0.25) is 4.90 Å². The van der Waals surface area contributed by atoms with Gasteiger partial charge in [-0.2, -0.15) is 0 Å². The fraction of sp³-hybridized carbons (Fsp3) is 1.00. The fourth-order valence-electron chi connectivity index (χ4n) is 4.97. The summed E-state index contributed by atoms with van der Waals surface area (Å²) in [6.07, 6.45) is 4.14. The molecule has 3 heterocycles. The molecule has 6 heteroatoms. The van der Waals surface area contributed by atoms with Crippen LogP contribution in [0.3, 0.4) is 0 Å². The molecule has 1 atom stereocenters. The van der Waals surface area contributed by atoms with Crippen molar-refractivity contribution >= 4 is 9.84 Å². The van der Waals surface area contributed by atoms with Gasteiger partial charge < -0.3 is 9.64 Å². The van der Waals surface area contributed by atoms with Crippen molar-refractivity contribution < 1.29 is 13.2 Å². The summed E-state index contributed by atoms with van der Waals surface area (Å²) in [7, 11) is -2.77. The molecule has 0 radical (unpaired) electrons. The van der Waals surface area contributed by atoms with Crippen LogP contribution in [-0.2, 0) is 14.6 Å². The molecular weight excluding hydrogens is 324 g/mol. The molecule has 0 aliphatic carbocycles. The lowest BCUT2D eigenvalue weighted by Crippen LogP contribution is -2.54. The number of hydrogen-bond acceptors (Lipinski definition) is 5. The third-order valence-electron chi connectivity index (χ3n) is 6.61. The summed E-state index contributed by atoms with van der Waals surface area (Å²) >= 11 is 0. The molecule has 0 amide bonds. The number of nitrogens with zero attached hydrogens (tertiary/aromatic N) is 2. The summed E-state index contributed by atoms with van der Waals surface area (Å²) in [5.41, 5.74) is 0.282. The SMILES string of the molecule is CC(CC(C)(C)N1CCOCC1)N1CCC2(CC1)CCS(=O)(=O)C2. The van der Waals surface area contributed by atoms with Crippen molar-refractivity contribution in [2.24, 2.45) is 5.41 Å². The third-order valence-corrected chi connectivity index (χ3v) is 8.49. The topological polar surface area (TPSA) is 49.9 Å². The Hall–Kier alpha value is -0.170. The zero-order valence-corrected chi connectivity index (χ0v) is 16.4. The van der Waals surface area contributed by atoms with E-state index in [-0.39, 0.29) is 11.0 Å². The molecular formula is C18H34N2O3S. The predicted molar refractivity (Wildman–Crippen MR) is 97.1 cm³/mol. The van der Waals surface area contributed by atoms with E-state index in [0.717, 1.165) is 65.1 Å². The van der Waals surface area contributed by atoms with E-state index >= 15 is 0 Å². The molecule has 140 valence electrons. The lowest BCUT2D eigenvalue weighted by atomic mass is 9.77. The standard InChI is InChI=1S/C18H34N2O3S/c1-16(14-17(2,3)20-9-11-23-12-10-20)19-7-4-18(5-8-19)6-13-24(21,22)15-18/h16H,4-15H2,1-3H3. The molecule has 0 aromatic carbocycles. The highest BCUT2D eigenvalue weighted by atomic mass is 32.2. The van der Waals surface area contributed by atoms with Crippen molar-refractivity contribution in [2.45, 2.75) is 58.0 Å². The van der Waals surface area contributed by atoms with E-state index in [0.29, 0.717) is 17.5 Å². The lowest BCUT2D eigenvalue weighted by Gasteiger charge is -2.46. The van der Waals surface area contributed by atoms with E-state index in [9.17, 15) is 8.42 Å². The van der Waals surface area contributed by atoms with Gasteiger partial charge >= 0.3 is 0 Å². The summed E-state index contributed by atoms with van der Waals surface area (Å²) in [5, 5.41) is 0. The van der Waals surface area contributed by atoms with Gasteiger partial charge in [-0.05, 0) is 65.0 Å². The summed E-state index contributed by atoms with van der Waals surface area (Å²) in [6.45, 7) is 12.9. The van der Waals surface area contributed by atoms with Crippen LogP contribution >= 0.6 is 0 Å². The molecule has 3 aliphatic heterocycles. The molecule has 3 fully saturated rings. The first kappa shape index (κ1) is 18.6. The summed E-state index contributed by atoms with van der Waals surface area (Å²) < 4.78 is 29.2. The monoisotopic (exact) mass is 358 g/mol. The normalized spacial score (nSPS) is 29.8. The van der Waals surface area contributed by atoms with Gasteiger partial charge in [0, 0.05) is 24.7 Å². The minimum atomic E-state index is -2.77. The second kappa shape index (κ2) is 6.86. The average Bonchev–Trinajstić information content (AvgIpc) is 2.83. The quantitative estimate of drug-likeness (QED) is 0.767. The number of sulfone groups is 1. The van der Waals surface area contributed by atoms with E-state index in [1.807, 2.05) is 0 Å². The Morgan fingerprint density at radius 2 is 1.71 bits per heavy atom. The van der Waals surface area contributed by atoms with Gasteiger partial charge in [0.2, 0.25) is 0 Å². The Balaban J connectivity index is 1.52. The van der Waals surface area contributed by atoms with Gasteiger partial charge in [-0.1, -0.05) is 0 Å². The Morgan fingerprint density at radius 1 is 1.08 bits per heavy atom. The molecule has 0 N–H and O–H groups in total. The van der Waals surface area contributed by atoms with E-state index in [1.54, 1.807) is 0 Å². The van der Waals surface area contributed by atoms with E-state index in [1.165, 1.54) is 0 Å². The maximum Gasteiger partial charge on any atom is 0.150 e. The van der Waals surface area contributed by atoms with Crippen LogP contribution in [0.5, 0.6) is 0 Å². The Labute approximate surface area is 147 Å². The minimum Gasteiger partial charge on any atom is -0.379 e. The van der Waals surface area contributed by atoms with Crippen molar-refractivity contribution in [3.8, 4) is 0 Å². The average molecular weight is 359 g/mol. The van der Waals surface area contributed by atoms with Crippen LogP contribution in [0.2, 0.25) is 0 Å². The van der Waals surface area contributed by atoms with Crippen LogP contribution < -0.4 is 0 Å². The zero-order valence-electron chi connectivity index (χ0n) is 15.6. The van der Waals surface area contributed by atoms with Crippen LogP contribution in [-0.4, -0.2) is 80.7 Å². The lowest BCUT2D eigenvalue weighted by molar-refractivity contribution is -0.0244. The minimum absolute atomic E-state index is 0.0920. The molecule has 0 bridgehead atoms. The number of likely N-dealkylation sites (tertiary alicyclic amines) is 1. The molecule has 3 aliphatic rings. The number of rotatable bonds is 4. The van der Waals surface area contributed by atoms with Crippen molar-refractivity contribution in [3.63, 3.8) is 0 Å². The van der Waals surface area contributed by atoms with E-state index in [2.05, 4.69) is 30.6 Å². The van der Waals surface area contributed by atoms with E-state index in [4.69, 9.17) is 4.74 Å². The van der Waals surface area contributed by atoms with Crippen LogP contribution in [0.15, 0.2) is 0 Å². The van der Waals surface area contributed by atoms with Crippen molar-refractivity contribution in [3.05, 3.63) is 0 Å². The Bertz CT molecular complexity index is 532. The number of morpholine rings is 1. The summed E-state index contributed by atoms with van der Waals surface area (Å²) in [5.74, 6) is 0.841. The van der Waals surface area contributed by atoms with Crippen LogP contribution in [0, 0.1) is 5.41 Å². The summed E-state index contributed by atoms with van der Waals surface area (Å²) in [4.78, 5) is 5.14.